The molecule has 112 valence electrons. The largest absolute Gasteiger partial charge is 0.496 e. The summed E-state index contributed by atoms with van der Waals surface area (Å²) < 4.78 is 10.2. The van der Waals surface area contributed by atoms with Crippen LogP contribution in [-0.4, -0.2) is 39.1 Å². The first-order chi connectivity index (χ1) is 10.2. The molecule has 1 aromatic carbocycles. The molecule has 1 saturated heterocycles. The molecular weight excluding hydrogens is 270 g/mol. The molecule has 2 rings (SSSR count). The van der Waals surface area contributed by atoms with Crippen LogP contribution in [0.5, 0.6) is 5.75 Å². The summed E-state index contributed by atoms with van der Waals surface area (Å²) in [4.78, 5) is 24.9. The van der Waals surface area contributed by atoms with Gasteiger partial charge in [-0.05, 0) is 31.6 Å². The molecule has 1 aromatic rings. The second-order valence-electron chi connectivity index (χ2n) is 4.70. The fraction of sp³-hybridized carbons (Fsp3) is 0.375. The average Bonchev–Trinajstić information content (AvgIpc) is 2.44. The molecule has 1 aliphatic rings. The van der Waals surface area contributed by atoms with Crippen molar-refractivity contribution in [2.75, 3.05) is 31.7 Å². The van der Waals surface area contributed by atoms with E-state index in [0.29, 0.717) is 17.6 Å². The summed E-state index contributed by atoms with van der Waals surface area (Å²) in [5.41, 5.74) is 1.74. The van der Waals surface area contributed by atoms with Gasteiger partial charge in [-0.15, -0.1) is 0 Å². The van der Waals surface area contributed by atoms with Gasteiger partial charge in [-0.3, -0.25) is 4.79 Å². The molecule has 0 aliphatic carbocycles. The zero-order valence-corrected chi connectivity index (χ0v) is 12.3. The van der Waals surface area contributed by atoms with E-state index in [1.165, 1.54) is 12.5 Å². The highest BCUT2D eigenvalue weighted by atomic mass is 16.5. The van der Waals surface area contributed by atoms with Gasteiger partial charge in [0.1, 0.15) is 11.3 Å². The molecule has 5 heteroatoms. The van der Waals surface area contributed by atoms with Crippen LogP contribution in [0, 0.1) is 0 Å². The van der Waals surface area contributed by atoms with E-state index in [4.69, 9.17) is 9.47 Å². The molecular formula is C16H19NO4. The van der Waals surface area contributed by atoms with E-state index in [0.717, 1.165) is 18.8 Å². The summed E-state index contributed by atoms with van der Waals surface area (Å²) in [5, 5.41) is 0. The Morgan fingerprint density at radius 2 is 2.14 bits per heavy atom. The van der Waals surface area contributed by atoms with E-state index in [1.54, 1.807) is 14.0 Å². The zero-order valence-electron chi connectivity index (χ0n) is 12.3. The van der Waals surface area contributed by atoms with Crippen LogP contribution in [0.2, 0.25) is 0 Å². The molecule has 5 nitrogen and oxygen atoms in total. The molecule has 0 N–H and O–H groups in total. The van der Waals surface area contributed by atoms with Gasteiger partial charge in [0, 0.05) is 30.4 Å². The number of carbonyl (C=O) groups excluding carboxylic acids is 2. The van der Waals surface area contributed by atoms with Gasteiger partial charge >= 0.3 is 5.97 Å². The third-order valence-corrected chi connectivity index (χ3v) is 3.39. The fourth-order valence-electron chi connectivity index (χ4n) is 2.11. The van der Waals surface area contributed by atoms with Gasteiger partial charge in [0.25, 0.3) is 0 Å². The Kier molecular flexibility index (Phi) is 4.98. The van der Waals surface area contributed by atoms with Crippen molar-refractivity contribution in [2.24, 2.45) is 0 Å². The van der Waals surface area contributed by atoms with Gasteiger partial charge in [-0.25, -0.2) is 4.79 Å². The van der Waals surface area contributed by atoms with E-state index in [1.807, 2.05) is 18.2 Å². The minimum Gasteiger partial charge on any atom is -0.496 e. The summed E-state index contributed by atoms with van der Waals surface area (Å²) in [6, 6.07) is 5.72. The Labute approximate surface area is 124 Å². The van der Waals surface area contributed by atoms with Crippen LogP contribution in [0.4, 0.5) is 5.69 Å². The number of carbonyl (C=O) groups is 2. The number of rotatable bonds is 6. The van der Waals surface area contributed by atoms with Crippen molar-refractivity contribution in [3.8, 4) is 5.75 Å². The van der Waals surface area contributed by atoms with Gasteiger partial charge < -0.3 is 14.4 Å². The molecule has 21 heavy (non-hydrogen) atoms. The number of methoxy groups -OCH3 is 1. The van der Waals surface area contributed by atoms with Gasteiger partial charge in [0.15, 0.2) is 6.29 Å². The fourth-order valence-corrected chi connectivity index (χ4v) is 2.11. The van der Waals surface area contributed by atoms with E-state index < -0.39 is 5.97 Å². The van der Waals surface area contributed by atoms with Crippen molar-refractivity contribution >= 4 is 24.0 Å². The number of anilines is 1. The highest BCUT2D eigenvalue weighted by molar-refractivity contribution is 6.12. The van der Waals surface area contributed by atoms with Gasteiger partial charge in [0.05, 0.1) is 13.7 Å². The molecule has 1 aliphatic heterocycles. The van der Waals surface area contributed by atoms with Crippen LogP contribution in [0.3, 0.4) is 0 Å². The molecule has 1 heterocycles. The molecule has 0 spiro atoms. The highest BCUT2D eigenvalue weighted by Gasteiger charge is 2.16. The van der Waals surface area contributed by atoms with Crippen LogP contribution in [-0.2, 0) is 14.3 Å². The molecule has 0 saturated carbocycles. The summed E-state index contributed by atoms with van der Waals surface area (Å²) in [6.07, 6.45) is 3.19. The van der Waals surface area contributed by atoms with Crippen molar-refractivity contribution in [2.45, 2.75) is 13.3 Å². The van der Waals surface area contributed by atoms with Crippen LogP contribution in [0.1, 0.15) is 18.9 Å². The SMILES string of the molecule is CCOC(=O)/C(C=O)=C/c1ccc(N2CCC2)cc1OC. The number of nitrogens with zero attached hydrogens (tertiary/aromatic N) is 1. The summed E-state index contributed by atoms with van der Waals surface area (Å²) in [6.45, 7) is 4.01. The molecule has 0 atom stereocenters. The number of hydrogen-bond donors (Lipinski definition) is 0. The second kappa shape index (κ2) is 6.92. The maximum Gasteiger partial charge on any atom is 0.341 e. The molecule has 0 aromatic heterocycles. The lowest BCUT2D eigenvalue weighted by molar-refractivity contribution is -0.138. The van der Waals surface area contributed by atoms with Crippen molar-refractivity contribution < 1.29 is 19.1 Å². The van der Waals surface area contributed by atoms with E-state index in [2.05, 4.69) is 4.90 Å². The summed E-state index contributed by atoms with van der Waals surface area (Å²) in [5.74, 6) is 0.00409. The quantitative estimate of drug-likeness (QED) is 0.264. The third-order valence-electron chi connectivity index (χ3n) is 3.39. The first-order valence-electron chi connectivity index (χ1n) is 6.96. The zero-order chi connectivity index (χ0) is 15.2. The normalized spacial score (nSPS) is 14.4. The van der Waals surface area contributed by atoms with Crippen LogP contribution >= 0.6 is 0 Å². The Hall–Kier alpha value is -2.30. The van der Waals surface area contributed by atoms with Crippen molar-refractivity contribution in [3.05, 3.63) is 29.3 Å². The van der Waals surface area contributed by atoms with Crippen molar-refractivity contribution in [3.63, 3.8) is 0 Å². The van der Waals surface area contributed by atoms with Gasteiger partial charge in [-0.2, -0.15) is 0 Å². The molecule has 0 amide bonds. The van der Waals surface area contributed by atoms with Crippen molar-refractivity contribution in [1.82, 2.24) is 0 Å². The lowest BCUT2D eigenvalue weighted by atomic mass is 10.1. The molecule has 1 fully saturated rings. The smallest absolute Gasteiger partial charge is 0.341 e. The van der Waals surface area contributed by atoms with Crippen LogP contribution < -0.4 is 9.64 Å². The number of ether oxygens (including phenoxy) is 2. The lowest BCUT2D eigenvalue weighted by Crippen LogP contribution is -2.36. The number of benzene rings is 1. The highest BCUT2D eigenvalue weighted by Crippen LogP contribution is 2.29. The minimum absolute atomic E-state index is 0.0214. The third kappa shape index (κ3) is 3.42. The maximum atomic E-state index is 11.6. The first kappa shape index (κ1) is 15.1. The second-order valence-corrected chi connectivity index (χ2v) is 4.70. The molecule has 0 radical (unpaired) electrons. The Bertz CT molecular complexity index is 561. The van der Waals surface area contributed by atoms with Crippen molar-refractivity contribution in [1.29, 1.82) is 0 Å². The lowest BCUT2D eigenvalue weighted by Gasteiger charge is -2.33. The summed E-state index contributed by atoms with van der Waals surface area (Å²) >= 11 is 0. The maximum absolute atomic E-state index is 11.6. The van der Waals surface area contributed by atoms with E-state index >= 15 is 0 Å². The molecule has 0 bridgehead atoms. The number of hydrogen-bond acceptors (Lipinski definition) is 5. The number of aldehydes is 1. The summed E-state index contributed by atoms with van der Waals surface area (Å²) in [7, 11) is 1.57. The monoisotopic (exact) mass is 289 g/mol. The van der Waals surface area contributed by atoms with E-state index in [9.17, 15) is 9.59 Å². The van der Waals surface area contributed by atoms with Gasteiger partial charge in [0.2, 0.25) is 0 Å². The molecule has 0 unspecified atom stereocenters. The first-order valence-corrected chi connectivity index (χ1v) is 6.96. The average molecular weight is 289 g/mol. The van der Waals surface area contributed by atoms with E-state index in [-0.39, 0.29) is 12.2 Å². The predicted octanol–water partition coefficient (Wildman–Crippen LogP) is 2.05. The van der Waals surface area contributed by atoms with Gasteiger partial charge in [-0.1, -0.05) is 0 Å². The van der Waals surface area contributed by atoms with Crippen LogP contribution in [0.25, 0.3) is 6.08 Å². The Morgan fingerprint density at radius 1 is 1.38 bits per heavy atom. The Morgan fingerprint density at radius 3 is 2.67 bits per heavy atom. The minimum atomic E-state index is -0.624. The van der Waals surface area contributed by atoms with Crippen LogP contribution in [0.15, 0.2) is 23.8 Å². The standard InChI is InChI=1S/C16H19NO4/c1-3-21-16(19)13(11-18)9-12-5-6-14(10-15(12)20-2)17-7-4-8-17/h5-6,9-11H,3-4,7-8H2,1-2H3/b13-9+. The predicted molar refractivity (Wildman–Crippen MR) is 80.5 cm³/mol. The topological polar surface area (TPSA) is 55.8 Å². The number of esters is 1. The Balaban J connectivity index is 2.29.